The summed E-state index contributed by atoms with van der Waals surface area (Å²) < 4.78 is 0. The van der Waals surface area contributed by atoms with E-state index in [1.165, 1.54) is 25.7 Å². The molecule has 1 aliphatic heterocycles. The highest BCUT2D eigenvalue weighted by molar-refractivity contribution is 5.88. The van der Waals surface area contributed by atoms with Crippen molar-refractivity contribution < 1.29 is 9.59 Å². The predicted molar refractivity (Wildman–Crippen MR) is 68.7 cm³/mol. The highest BCUT2D eigenvalue weighted by atomic mass is 16.2. The number of nitrogens with two attached hydrogens (primary N) is 1. The van der Waals surface area contributed by atoms with Gasteiger partial charge in [-0.3, -0.25) is 9.59 Å². The van der Waals surface area contributed by atoms with Crippen LogP contribution in [0.25, 0.3) is 0 Å². The van der Waals surface area contributed by atoms with Crippen LogP contribution in [-0.2, 0) is 9.59 Å². The molecule has 2 rings (SSSR count). The molecule has 2 fully saturated rings. The van der Waals surface area contributed by atoms with E-state index in [4.69, 9.17) is 5.73 Å². The van der Waals surface area contributed by atoms with Gasteiger partial charge in [0, 0.05) is 6.04 Å². The maximum atomic E-state index is 12.0. The maximum Gasteiger partial charge on any atom is 0.239 e. The van der Waals surface area contributed by atoms with Crippen LogP contribution in [0.1, 0.15) is 45.4 Å². The Morgan fingerprint density at radius 1 is 1.22 bits per heavy atom. The van der Waals surface area contributed by atoms with E-state index in [2.05, 4.69) is 10.6 Å². The zero-order valence-corrected chi connectivity index (χ0v) is 10.9. The molecule has 18 heavy (non-hydrogen) atoms. The highest BCUT2D eigenvalue weighted by Crippen LogP contribution is 2.32. The molecule has 0 aromatic carbocycles. The Morgan fingerprint density at radius 3 is 2.67 bits per heavy atom. The predicted octanol–water partition coefficient (Wildman–Crippen LogP) is 0.287. The summed E-state index contributed by atoms with van der Waals surface area (Å²) in [5, 5.41) is 6.10. The van der Waals surface area contributed by atoms with Crippen molar-refractivity contribution in [1.29, 1.82) is 0 Å². The Hall–Kier alpha value is -1.10. The zero-order chi connectivity index (χ0) is 13.1. The van der Waals surface area contributed by atoms with Crippen LogP contribution >= 0.6 is 0 Å². The van der Waals surface area contributed by atoms with Crippen LogP contribution in [0.15, 0.2) is 0 Å². The average molecular weight is 253 g/mol. The molecule has 2 amide bonds. The van der Waals surface area contributed by atoms with Gasteiger partial charge < -0.3 is 16.4 Å². The topological polar surface area (TPSA) is 84.2 Å². The molecule has 5 nitrogen and oxygen atoms in total. The van der Waals surface area contributed by atoms with Gasteiger partial charge in [-0.05, 0) is 38.5 Å². The molecule has 2 aliphatic rings. The number of hydrogen-bond donors (Lipinski definition) is 3. The third-order valence-electron chi connectivity index (χ3n) is 4.25. The summed E-state index contributed by atoms with van der Waals surface area (Å²) in [6.07, 6.45) is 6.99. The van der Waals surface area contributed by atoms with Crippen LogP contribution in [-0.4, -0.2) is 29.9 Å². The lowest BCUT2D eigenvalue weighted by Crippen LogP contribution is -2.57. The summed E-state index contributed by atoms with van der Waals surface area (Å²) in [6, 6.07) is -0.276. The van der Waals surface area contributed by atoms with Gasteiger partial charge in [-0.25, -0.2) is 0 Å². The van der Waals surface area contributed by atoms with Gasteiger partial charge >= 0.3 is 0 Å². The van der Waals surface area contributed by atoms with Gasteiger partial charge in [-0.2, -0.15) is 0 Å². The Labute approximate surface area is 108 Å². The molecule has 1 saturated heterocycles. The van der Waals surface area contributed by atoms with E-state index in [1.54, 1.807) is 6.92 Å². The van der Waals surface area contributed by atoms with Crippen LogP contribution in [0.4, 0.5) is 0 Å². The molecule has 0 bridgehead atoms. The monoisotopic (exact) mass is 253 g/mol. The molecule has 4 unspecified atom stereocenters. The lowest BCUT2D eigenvalue weighted by Gasteiger charge is -2.40. The first-order valence-electron chi connectivity index (χ1n) is 6.93. The molecular weight excluding hydrogens is 230 g/mol. The number of fused-ring (bicyclic) bond motifs is 1. The quantitative estimate of drug-likeness (QED) is 0.676. The molecule has 1 saturated carbocycles. The van der Waals surface area contributed by atoms with E-state index in [1.807, 2.05) is 0 Å². The summed E-state index contributed by atoms with van der Waals surface area (Å²) in [5.74, 6) is 0.149. The number of primary amides is 1. The molecule has 5 heteroatoms. The molecule has 4 N–H and O–H groups in total. The summed E-state index contributed by atoms with van der Waals surface area (Å²) in [4.78, 5) is 22.9. The number of rotatable bonds is 3. The second-order valence-electron chi connectivity index (χ2n) is 5.58. The normalized spacial score (nSPS) is 33.3. The van der Waals surface area contributed by atoms with Gasteiger partial charge in [0.25, 0.3) is 0 Å². The number of hydrogen-bond acceptors (Lipinski definition) is 3. The van der Waals surface area contributed by atoms with E-state index in [0.29, 0.717) is 6.04 Å². The highest BCUT2D eigenvalue weighted by Gasteiger charge is 2.34. The molecule has 4 atom stereocenters. The van der Waals surface area contributed by atoms with Crippen molar-refractivity contribution in [3.8, 4) is 0 Å². The van der Waals surface area contributed by atoms with Crippen molar-refractivity contribution in [2.75, 3.05) is 0 Å². The number of piperidine rings is 1. The first-order chi connectivity index (χ1) is 8.58. The fourth-order valence-electron chi connectivity index (χ4n) is 3.09. The van der Waals surface area contributed by atoms with Gasteiger partial charge in [0.1, 0.15) is 6.04 Å². The van der Waals surface area contributed by atoms with Gasteiger partial charge in [-0.15, -0.1) is 0 Å². The lowest BCUT2D eigenvalue weighted by molar-refractivity contribution is -0.129. The second kappa shape index (κ2) is 5.69. The number of carbonyl (C=O) groups is 2. The average Bonchev–Trinajstić information content (AvgIpc) is 2.37. The standard InChI is InChI=1S/C13H23N3O2/c1-8(12(14)17)15-13(18)11-7-6-9-4-2-3-5-10(9)16-11/h8-11,16H,2-7H2,1H3,(H2,14,17)(H,15,18). The summed E-state index contributed by atoms with van der Waals surface area (Å²) in [5.41, 5.74) is 5.15. The Kier molecular flexibility index (Phi) is 4.22. The van der Waals surface area contributed by atoms with E-state index in [0.717, 1.165) is 18.8 Å². The molecule has 1 heterocycles. The summed E-state index contributed by atoms with van der Waals surface area (Å²) in [7, 11) is 0. The number of carbonyl (C=O) groups excluding carboxylic acids is 2. The van der Waals surface area contributed by atoms with Crippen LogP contribution in [0.3, 0.4) is 0 Å². The molecule has 0 radical (unpaired) electrons. The maximum absolute atomic E-state index is 12.0. The van der Waals surface area contributed by atoms with Crippen molar-refractivity contribution in [2.24, 2.45) is 11.7 Å². The van der Waals surface area contributed by atoms with E-state index < -0.39 is 11.9 Å². The van der Waals surface area contributed by atoms with Crippen molar-refractivity contribution in [3.05, 3.63) is 0 Å². The van der Waals surface area contributed by atoms with Crippen molar-refractivity contribution in [1.82, 2.24) is 10.6 Å². The molecular formula is C13H23N3O2. The minimum atomic E-state index is -0.594. The molecule has 0 aromatic rings. The van der Waals surface area contributed by atoms with Crippen LogP contribution < -0.4 is 16.4 Å². The third kappa shape index (κ3) is 3.02. The fourth-order valence-corrected chi connectivity index (χ4v) is 3.09. The largest absolute Gasteiger partial charge is 0.368 e. The van der Waals surface area contributed by atoms with Crippen LogP contribution in [0, 0.1) is 5.92 Å². The van der Waals surface area contributed by atoms with Crippen molar-refractivity contribution >= 4 is 11.8 Å². The zero-order valence-electron chi connectivity index (χ0n) is 10.9. The minimum absolute atomic E-state index is 0.0923. The first kappa shape index (κ1) is 13.3. The van der Waals surface area contributed by atoms with Gasteiger partial charge in [0.05, 0.1) is 6.04 Å². The Bertz CT molecular complexity index is 332. The minimum Gasteiger partial charge on any atom is -0.368 e. The van der Waals surface area contributed by atoms with Gasteiger partial charge in [-0.1, -0.05) is 12.8 Å². The van der Waals surface area contributed by atoms with E-state index >= 15 is 0 Å². The van der Waals surface area contributed by atoms with Crippen molar-refractivity contribution in [2.45, 2.75) is 63.6 Å². The molecule has 1 aliphatic carbocycles. The van der Waals surface area contributed by atoms with Gasteiger partial charge in [0.15, 0.2) is 0 Å². The van der Waals surface area contributed by atoms with Crippen molar-refractivity contribution in [3.63, 3.8) is 0 Å². The Morgan fingerprint density at radius 2 is 1.94 bits per heavy atom. The third-order valence-corrected chi connectivity index (χ3v) is 4.25. The van der Waals surface area contributed by atoms with Gasteiger partial charge in [0.2, 0.25) is 11.8 Å². The molecule has 0 spiro atoms. The fraction of sp³-hybridized carbons (Fsp3) is 0.846. The summed E-state index contributed by atoms with van der Waals surface area (Å²) >= 11 is 0. The summed E-state index contributed by atoms with van der Waals surface area (Å²) in [6.45, 7) is 1.62. The number of nitrogens with one attached hydrogen (secondary N) is 2. The SMILES string of the molecule is CC(NC(=O)C1CCC2CCCCC2N1)C(N)=O. The Balaban J connectivity index is 1.86. The first-order valence-corrected chi connectivity index (χ1v) is 6.93. The molecule has 0 aromatic heterocycles. The van der Waals surface area contributed by atoms with Crippen LogP contribution in [0.2, 0.25) is 0 Å². The lowest BCUT2D eigenvalue weighted by atomic mass is 9.77. The smallest absolute Gasteiger partial charge is 0.239 e. The molecule has 102 valence electrons. The van der Waals surface area contributed by atoms with E-state index in [9.17, 15) is 9.59 Å². The van der Waals surface area contributed by atoms with Crippen LogP contribution in [0.5, 0.6) is 0 Å². The van der Waals surface area contributed by atoms with E-state index in [-0.39, 0.29) is 11.9 Å². The second-order valence-corrected chi connectivity index (χ2v) is 5.58. The number of amides is 2.